The molecule has 0 fully saturated rings. The van der Waals surface area contributed by atoms with Gasteiger partial charge >= 0.3 is 0 Å². The van der Waals surface area contributed by atoms with E-state index in [1.807, 2.05) is 0 Å². The van der Waals surface area contributed by atoms with Crippen LogP contribution in [0.3, 0.4) is 0 Å². The Labute approximate surface area is 61.6 Å². The Balaban J connectivity index is 2.65. The molecule has 0 aliphatic heterocycles. The molecule has 8 heavy (non-hydrogen) atoms. The smallest absolute Gasteiger partial charge is 0.186 e. The van der Waals surface area contributed by atoms with Crippen molar-refractivity contribution in [1.29, 1.82) is 0 Å². The summed E-state index contributed by atoms with van der Waals surface area (Å²) in [7, 11) is 0. The van der Waals surface area contributed by atoms with E-state index in [1.54, 1.807) is 40.8 Å². The van der Waals surface area contributed by atoms with Crippen LogP contribution in [0.2, 0.25) is 0 Å². The molecule has 0 saturated heterocycles. The topological polar surface area (TPSA) is 0 Å². The number of allylic oxidation sites excluding steroid dienone is 4. The number of hydrogen-bond donors (Lipinski definition) is 0. The highest BCUT2D eigenvalue weighted by atomic mass is 127. The van der Waals surface area contributed by atoms with Crippen LogP contribution in [-0.2, 0) is 0 Å². The molecule has 0 aromatic rings. The predicted octanol–water partition coefficient (Wildman–Crippen LogP) is 2.42. The average Bonchev–Trinajstić information content (AvgIpc) is 1.65. The molecule has 1 unspecified atom stereocenters. The maximum atomic E-state index is 12.7. The predicted molar refractivity (Wildman–Crippen MR) is 40.4 cm³/mol. The van der Waals surface area contributed by atoms with Crippen molar-refractivity contribution in [3.05, 3.63) is 30.7 Å². The van der Waals surface area contributed by atoms with Gasteiger partial charge in [-0.3, -0.25) is 0 Å². The largest absolute Gasteiger partial charge is 0.227 e. The van der Waals surface area contributed by atoms with Gasteiger partial charge in [-0.2, -0.15) is 0 Å². The zero-order valence-corrected chi connectivity index (χ0v) is 6.30. The average molecular weight is 223 g/mol. The summed E-state index contributed by atoms with van der Waals surface area (Å²) >= 11 is 1.73. The fraction of sp³-hybridized carbons (Fsp3) is 0.167. The van der Waals surface area contributed by atoms with Crippen molar-refractivity contribution in [2.75, 3.05) is 0 Å². The SMILES string of the molecule is FC1(I)[CH]C=CC=C1. The van der Waals surface area contributed by atoms with Crippen LogP contribution in [-0.4, -0.2) is 3.68 Å². The molecule has 0 spiro atoms. The quantitative estimate of drug-likeness (QED) is 0.437. The number of halogens is 2. The van der Waals surface area contributed by atoms with Gasteiger partial charge in [0.05, 0.1) is 0 Å². The van der Waals surface area contributed by atoms with Crippen LogP contribution in [0.4, 0.5) is 4.39 Å². The second kappa shape index (κ2) is 2.17. The minimum absolute atomic E-state index is 1.24. The monoisotopic (exact) mass is 223 g/mol. The first-order valence-corrected chi connectivity index (χ1v) is 3.37. The normalized spacial score (nSPS) is 35.8. The zero-order chi connectivity index (χ0) is 6.04. The van der Waals surface area contributed by atoms with Crippen LogP contribution < -0.4 is 0 Å². The van der Waals surface area contributed by atoms with Gasteiger partial charge < -0.3 is 0 Å². The Bertz CT molecular complexity index is 135. The lowest BCUT2D eigenvalue weighted by Gasteiger charge is -2.11. The molecule has 0 aromatic heterocycles. The molecule has 0 aromatic carbocycles. The molecule has 1 aliphatic carbocycles. The van der Waals surface area contributed by atoms with E-state index in [-0.39, 0.29) is 0 Å². The van der Waals surface area contributed by atoms with Crippen LogP contribution >= 0.6 is 22.6 Å². The minimum atomic E-state index is -1.24. The Kier molecular flexibility index (Phi) is 1.70. The third-order valence-electron chi connectivity index (χ3n) is 0.859. The third-order valence-corrected chi connectivity index (χ3v) is 1.58. The van der Waals surface area contributed by atoms with Gasteiger partial charge in [0.2, 0.25) is 0 Å². The zero-order valence-electron chi connectivity index (χ0n) is 4.14. The summed E-state index contributed by atoms with van der Waals surface area (Å²) in [4.78, 5) is 0. The lowest BCUT2D eigenvalue weighted by atomic mass is 10.2. The van der Waals surface area contributed by atoms with Crippen molar-refractivity contribution in [2.45, 2.75) is 3.68 Å². The molecule has 1 radical (unpaired) electrons. The Hall–Kier alpha value is 0.140. The molecule has 2 heteroatoms. The van der Waals surface area contributed by atoms with E-state index in [9.17, 15) is 4.39 Å². The molecule has 43 valence electrons. The molecule has 0 amide bonds. The summed E-state index contributed by atoms with van der Waals surface area (Å²) in [5, 5.41) is 0. The number of rotatable bonds is 0. The van der Waals surface area contributed by atoms with Crippen molar-refractivity contribution in [3.8, 4) is 0 Å². The molecular formula is C6H5FI. The van der Waals surface area contributed by atoms with Crippen molar-refractivity contribution in [2.24, 2.45) is 0 Å². The van der Waals surface area contributed by atoms with Crippen molar-refractivity contribution < 1.29 is 4.39 Å². The summed E-state index contributed by atoms with van der Waals surface area (Å²) < 4.78 is 11.4. The molecular weight excluding hydrogens is 218 g/mol. The van der Waals surface area contributed by atoms with Gasteiger partial charge in [-0.1, -0.05) is 18.2 Å². The van der Waals surface area contributed by atoms with Crippen LogP contribution in [0, 0.1) is 6.42 Å². The van der Waals surface area contributed by atoms with E-state index >= 15 is 0 Å². The fourth-order valence-corrected chi connectivity index (χ4v) is 0.903. The van der Waals surface area contributed by atoms with Crippen molar-refractivity contribution >= 4 is 22.6 Å². The fourth-order valence-electron chi connectivity index (χ4n) is 0.487. The molecule has 1 rings (SSSR count). The molecule has 0 saturated carbocycles. The van der Waals surface area contributed by atoms with Crippen LogP contribution in [0.1, 0.15) is 0 Å². The maximum Gasteiger partial charge on any atom is 0.186 e. The van der Waals surface area contributed by atoms with Crippen LogP contribution in [0.5, 0.6) is 0 Å². The number of hydrogen-bond acceptors (Lipinski definition) is 0. The first-order chi connectivity index (χ1) is 3.71. The second-order valence-electron chi connectivity index (χ2n) is 1.59. The van der Waals surface area contributed by atoms with E-state index in [2.05, 4.69) is 0 Å². The van der Waals surface area contributed by atoms with Gasteiger partial charge in [-0.25, -0.2) is 4.39 Å². The van der Waals surface area contributed by atoms with E-state index in [0.29, 0.717) is 0 Å². The van der Waals surface area contributed by atoms with E-state index < -0.39 is 3.68 Å². The van der Waals surface area contributed by atoms with Gasteiger partial charge in [0, 0.05) is 6.42 Å². The van der Waals surface area contributed by atoms with Gasteiger partial charge in [0.15, 0.2) is 3.68 Å². The summed E-state index contributed by atoms with van der Waals surface area (Å²) in [5.41, 5.74) is 0. The van der Waals surface area contributed by atoms with Crippen molar-refractivity contribution in [3.63, 3.8) is 0 Å². The molecule has 0 bridgehead atoms. The lowest BCUT2D eigenvalue weighted by Crippen LogP contribution is -2.09. The first-order valence-electron chi connectivity index (χ1n) is 2.29. The third kappa shape index (κ3) is 1.58. The van der Waals surface area contributed by atoms with Crippen molar-refractivity contribution in [1.82, 2.24) is 0 Å². The highest BCUT2D eigenvalue weighted by Gasteiger charge is 2.20. The van der Waals surface area contributed by atoms with Gasteiger partial charge in [-0.15, -0.1) is 0 Å². The Morgan fingerprint density at radius 3 is 2.25 bits per heavy atom. The summed E-state index contributed by atoms with van der Waals surface area (Å²) in [6, 6.07) is 0. The highest BCUT2D eigenvalue weighted by Crippen LogP contribution is 2.28. The van der Waals surface area contributed by atoms with Gasteiger partial charge in [0.1, 0.15) is 0 Å². The number of alkyl halides is 2. The molecule has 0 nitrogen and oxygen atoms in total. The van der Waals surface area contributed by atoms with E-state index in [0.717, 1.165) is 0 Å². The van der Waals surface area contributed by atoms with Crippen LogP contribution in [0.15, 0.2) is 24.3 Å². The summed E-state index contributed by atoms with van der Waals surface area (Å²) in [5.74, 6) is 0. The summed E-state index contributed by atoms with van der Waals surface area (Å²) in [6.45, 7) is 0. The second-order valence-corrected chi connectivity index (χ2v) is 3.24. The molecule has 1 aliphatic rings. The maximum absolute atomic E-state index is 12.7. The minimum Gasteiger partial charge on any atom is -0.227 e. The van der Waals surface area contributed by atoms with Gasteiger partial charge in [0.25, 0.3) is 0 Å². The van der Waals surface area contributed by atoms with Crippen LogP contribution in [0.25, 0.3) is 0 Å². The van der Waals surface area contributed by atoms with E-state index in [4.69, 9.17) is 0 Å². The standard InChI is InChI=1S/C6H5FI/c7-6(8)4-2-1-3-5-6/h1-5H. The highest BCUT2D eigenvalue weighted by molar-refractivity contribution is 14.1. The summed E-state index contributed by atoms with van der Waals surface area (Å²) in [6.07, 6.45) is 8.22. The molecule has 0 heterocycles. The molecule has 0 N–H and O–H groups in total. The Morgan fingerprint density at radius 2 is 2.00 bits per heavy atom. The lowest BCUT2D eigenvalue weighted by molar-refractivity contribution is 0.430. The van der Waals surface area contributed by atoms with E-state index in [1.165, 1.54) is 12.5 Å². The molecule has 1 atom stereocenters. The first kappa shape index (κ1) is 6.26. The van der Waals surface area contributed by atoms with Gasteiger partial charge in [-0.05, 0) is 28.7 Å². The Morgan fingerprint density at radius 1 is 1.25 bits per heavy atom.